The lowest BCUT2D eigenvalue weighted by Gasteiger charge is -2.10. The van der Waals surface area contributed by atoms with Crippen LogP contribution in [0.3, 0.4) is 0 Å². The lowest BCUT2D eigenvalue weighted by atomic mass is 10.2. The second kappa shape index (κ2) is 8.02. The van der Waals surface area contributed by atoms with E-state index in [1.807, 2.05) is 18.2 Å². The molecular weight excluding hydrogens is 342 g/mol. The van der Waals surface area contributed by atoms with Crippen molar-refractivity contribution in [1.29, 1.82) is 0 Å². The maximum Gasteiger partial charge on any atom is 0.234 e. The standard InChI is InChI=1S/C18H19NO5S/c1-21-14-6-4-13(8-16(14)22-2)19-18(20)10-25-9-12-3-5-15-17(7-12)24-11-23-15/h3-8H,9-11H2,1-2H3,(H,19,20). The van der Waals surface area contributed by atoms with Gasteiger partial charge in [-0.15, -0.1) is 11.8 Å². The van der Waals surface area contributed by atoms with E-state index in [2.05, 4.69) is 5.32 Å². The number of ether oxygens (including phenoxy) is 4. The number of hydrogen-bond acceptors (Lipinski definition) is 6. The average molecular weight is 361 g/mol. The molecule has 7 heteroatoms. The molecule has 0 atom stereocenters. The fourth-order valence-electron chi connectivity index (χ4n) is 2.40. The summed E-state index contributed by atoms with van der Waals surface area (Å²) < 4.78 is 21.1. The van der Waals surface area contributed by atoms with Crippen LogP contribution in [-0.4, -0.2) is 32.7 Å². The summed E-state index contributed by atoms with van der Waals surface area (Å²) >= 11 is 1.53. The number of carbonyl (C=O) groups excluding carboxylic acids is 1. The van der Waals surface area contributed by atoms with Crippen molar-refractivity contribution < 1.29 is 23.7 Å². The molecule has 0 radical (unpaired) electrons. The number of hydrogen-bond donors (Lipinski definition) is 1. The van der Waals surface area contributed by atoms with Gasteiger partial charge in [0.05, 0.1) is 20.0 Å². The van der Waals surface area contributed by atoms with Crippen molar-refractivity contribution in [3.63, 3.8) is 0 Å². The van der Waals surface area contributed by atoms with Crippen molar-refractivity contribution in [3.8, 4) is 23.0 Å². The molecule has 1 N–H and O–H groups in total. The second-order valence-electron chi connectivity index (χ2n) is 5.30. The molecule has 0 bridgehead atoms. The van der Waals surface area contributed by atoms with Gasteiger partial charge >= 0.3 is 0 Å². The van der Waals surface area contributed by atoms with E-state index in [1.165, 1.54) is 11.8 Å². The molecule has 0 aromatic heterocycles. The first-order valence-corrected chi connectivity index (χ1v) is 8.83. The van der Waals surface area contributed by atoms with Gasteiger partial charge in [0.1, 0.15) is 0 Å². The molecule has 6 nitrogen and oxygen atoms in total. The van der Waals surface area contributed by atoms with E-state index in [0.29, 0.717) is 22.9 Å². The Bertz CT molecular complexity index is 765. The molecule has 0 saturated heterocycles. The van der Waals surface area contributed by atoms with Gasteiger partial charge < -0.3 is 24.3 Å². The van der Waals surface area contributed by atoms with Crippen LogP contribution in [0.1, 0.15) is 5.56 Å². The van der Waals surface area contributed by atoms with Crippen LogP contribution < -0.4 is 24.3 Å². The monoisotopic (exact) mass is 361 g/mol. The van der Waals surface area contributed by atoms with Gasteiger partial charge in [-0.3, -0.25) is 4.79 Å². The first-order chi connectivity index (χ1) is 12.2. The number of fused-ring (bicyclic) bond motifs is 1. The van der Waals surface area contributed by atoms with Gasteiger partial charge in [-0.05, 0) is 29.8 Å². The fourth-order valence-corrected chi connectivity index (χ4v) is 3.18. The normalized spacial score (nSPS) is 11.9. The molecule has 1 aliphatic heterocycles. The van der Waals surface area contributed by atoms with Gasteiger partial charge in [0.15, 0.2) is 23.0 Å². The Balaban J connectivity index is 1.50. The third kappa shape index (κ3) is 4.30. The van der Waals surface area contributed by atoms with Crippen molar-refractivity contribution in [2.24, 2.45) is 0 Å². The zero-order chi connectivity index (χ0) is 17.6. The number of nitrogens with one attached hydrogen (secondary N) is 1. The molecule has 2 aromatic rings. The molecule has 25 heavy (non-hydrogen) atoms. The second-order valence-corrected chi connectivity index (χ2v) is 6.28. The van der Waals surface area contributed by atoms with Crippen LogP contribution in [0.4, 0.5) is 5.69 Å². The zero-order valence-electron chi connectivity index (χ0n) is 14.0. The smallest absolute Gasteiger partial charge is 0.234 e. The highest BCUT2D eigenvalue weighted by Crippen LogP contribution is 2.33. The van der Waals surface area contributed by atoms with Crippen LogP contribution in [0.15, 0.2) is 36.4 Å². The molecule has 1 aliphatic rings. The minimum absolute atomic E-state index is 0.0713. The summed E-state index contributed by atoms with van der Waals surface area (Å²) in [5.41, 5.74) is 1.76. The predicted molar refractivity (Wildman–Crippen MR) is 96.9 cm³/mol. The quantitative estimate of drug-likeness (QED) is 0.816. The van der Waals surface area contributed by atoms with Crippen LogP contribution in [0.25, 0.3) is 0 Å². The molecule has 2 aromatic carbocycles. The third-order valence-corrected chi connectivity index (χ3v) is 4.61. The number of carbonyl (C=O) groups is 1. The van der Waals surface area contributed by atoms with Gasteiger partial charge in [-0.1, -0.05) is 6.07 Å². The van der Waals surface area contributed by atoms with Crippen molar-refractivity contribution in [3.05, 3.63) is 42.0 Å². The van der Waals surface area contributed by atoms with Crippen LogP contribution in [0.2, 0.25) is 0 Å². The van der Waals surface area contributed by atoms with Crippen LogP contribution in [0.5, 0.6) is 23.0 Å². The largest absolute Gasteiger partial charge is 0.493 e. The summed E-state index contributed by atoms with van der Waals surface area (Å²) in [6.07, 6.45) is 0. The van der Waals surface area contributed by atoms with Crippen LogP contribution in [0, 0.1) is 0 Å². The third-order valence-electron chi connectivity index (χ3n) is 3.61. The number of anilines is 1. The van der Waals surface area contributed by atoms with E-state index < -0.39 is 0 Å². The Morgan fingerprint density at radius 1 is 1.08 bits per heavy atom. The molecule has 0 saturated carbocycles. The summed E-state index contributed by atoms with van der Waals surface area (Å²) in [5.74, 6) is 3.72. The first kappa shape index (κ1) is 17.3. The summed E-state index contributed by atoms with van der Waals surface area (Å²) in [6, 6.07) is 11.1. The lowest BCUT2D eigenvalue weighted by Crippen LogP contribution is -2.14. The Hall–Kier alpha value is -2.54. The maximum atomic E-state index is 12.1. The predicted octanol–water partition coefficient (Wildman–Crippen LogP) is 3.30. The highest BCUT2D eigenvalue weighted by Gasteiger charge is 2.13. The highest BCUT2D eigenvalue weighted by molar-refractivity contribution is 7.99. The Kier molecular flexibility index (Phi) is 5.55. The van der Waals surface area contributed by atoms with E-state index >= 15 is 0 Å². The van der Waals surface area contributed by atoms with E-state index in [-0.39, 0.29) is 12.7 Å². The molecule has 1 heterocycles. The minimum Gasteiger partial charge on any atom is -0.493 e. The highest BCUT2D eigenvalue weighted by atomic mass is 32.2. The minimum atomic E-state index is -0.0713. The van der Waals surface area contributed by atoms with Crippen LogP contribution in [-0.2, 0) is 10.5 Å². The summed E-state index contributed by atoms with van der Waals surface area (Å²) in [6.45, 7) is 0.264. The van der Waals surface area contributed by atoms with E-state index in [9.17, 15) is 4.79 Å². The molecule has 0 spiro atoms. The van der Waals surface area contributed by atoms with Gasteiger partial charge in [0, 0.05) is 17.5 Å². The molecule has 0 fully saturated rings. The maximum absolute atomic E-state index is 12.1. The lowest BCUT2D eigenvalue weighted by molar-refractivity contribution is -0.113. The van der Waals surface area contributed by atoms with Crippen LogP contribution >= 0.6 is 11.8 Å². The molecular formula is C18H19NO5S. The van der Waals surface area contributed by atoms with Gasteiger partial charge in [0.2, 0.25) is 12.7 Å². The van der Waals surface area contributed by atoms with E-state index in [1.54, 1.807) is 32.4 Å². The molecule has 132 valence electrons. The summed E-state index contributed by atoms with van der Waals surface area (Å²) in [7, 11) is 3.13. The van der Waals surface area contributed by atoms with Crippen molar-refractivity contribution in [2.75, 3.05) is 32.1 Å². The van der Waals surface area contributed by atoms with Gasteiger partial charge in [0.25, 0.3) is 0 Å². The van der Waals surface area contributed by atoms with Gasteiger partial charge in [-0.25, -0.2) is 0 Å². The summed E-state index contributed by atoms with van der Waals surface area (Å²) in [4.78, 5) is 12.1. The van der Waals surface area contributed by atoms with E-state index in [4.69, 9.17) is 18.9 Å². The number of thioether (sulfide) groups is 1. The average Bonchev–Trinajstić information content (AvgIpc) is 3.09. The Morgan fingerprint density at radius 3 is 2.68 bits per heavy atom. The zero-order valence-corrected chi connectivity index (χ0v) is 14.9. The number of rotatable bonds is 7. The van der Waals surface area contributed by atoms with Crippen molar-refractivity contribution in [2.45, 2.75) is 5.75 Å². The molecule has 3 rings (SSSR count). The fraction of sp³-hybridized carbons (Fsp3) is 0.278. The van der Waals surface area contributed by atoms with Crippen molar-refractivity contribution in [1.82, 2.24) is 0 Å². The molecule has 0 unspecified atom stereocenters. The SMILES string of the molecule is COc1ccc(NC(=O)CSCc2ccc3c(c2)OCO3)cc1OC. The Labute approximate surface area is 150 Å². The van der Waals surface area contributed by atoms with E-state index in [0.717, 1.165) is 22.8 Å². The number of benzene rings is 2. The van der Waals surface area contributed by atoms with Gasteiger partial charge in [-0.2, -0.15) is 0 Å². The first-order valence-electron chi connectivity index (χ1n) is 7.67. The summed E-state index contributed by atoms with van der Waals surface area (Å²) in [5, 5.41) is 2.86. The number of amides is 1. The Morgan fingerprint density at radius 2 is 1.88 bits per heavy atom. The number of methoxy groups -OCH3 is 2. The topological polar surface area (TPSA) is 66.0 Å². The van der Waals surface area contributed by atoms with Crippen molar-refractivity contribution >= 4 is 23.4 Å². The molecule has 0 aliphatic carbocycles. The molecule has 1 amide bonds.